The van der Waals surface area contributed by atoms with Crippen LogP contribution in [0.2, 0.25) is 0 Å². The Balaban J connectivity index is 1.84. The van der Waals surface area contributed by atoms with Crippen molar-refractivity contribution in [1.29, 1.82) is 0 Å². The fraction of sp³-hybridized carbons (Fsp3) is 0.217. The van der Waals surface area contributed by atoms with E-state index in [-0.39, 0.29) is 45.8 Å². The molecule has 17 heteroatoms. The van der Waals surface area contributed by atoms with Crippen LogP contribution in [0.15, 0.2) is 51.1 Å². The number of carbonyl (C=O) groups is 2. The molecule has 1 atom stereocenters. The monoisotopic (exact) mass is 610 g/mol. The number of carboxylic acid groups (broad SMARTS) is 1. The first-order valence-corrected chi connectivity index (χ1v) is 14.2. The first-order chi connectivity index (χ1) is 19.2. The van der Waals surface area contributed by atoms with E-state index in [1.165, 1.54) is 23.1 Å². The highest BCUT2D eigenvalue weighted by Gasteiger charge is 2.29. The van der Waals surface area contributed by atoms with Gasteiger partial charge in [0.15, 0.2) is 0 Å². The molecule has 0 radical (unpaired) electrons. The lowest BCUT2D eigenvalue weighted by atomic mass is 9.92. The fourth-order valence-corrected chi connectivity index (χ4v) is 6.68. The zero-order valence-corrected chi connectivity index (χ0v) is 22.3. The van der Waals surface area contributed by atoms with E-state index in [2.05, 4.69) is 18.7 Å². The first-order valence-electron chi connectivity index (χ1n) is 11.3. The molecule has 212 valence electrons. The number of ether oxygens (including phenoxy) is 1. The molecule has 1 heterocycles. The number of hydrogen-bond donors (Lipinski definition) is 1. The average molecular weight is 611 g/mol. The van der Waals surface area contributed by atoms with Crippen molar-refractivity contribution in [3.8, 4) is 0 Å². The number of anilines is 1. The van der Waals surface area contributed by atoms with Crippen molar-refractivity contribution in [1.82, 2.24) is 0 Å². The summed E-state index contributed by atoms with van der Waals surface area (Å²) >= 11 is 0.922. The summed E-state index contributed by atoms with van der Waals surface area (Å²) in [6.45, 7) is -0.534. The van der Waals surface area contributed by atoms with Crippen LogP contribution in [-0.4, -0.2) is 49.7 Å². The molecular formula is C23H16NO13S3-3. The Kier molecular flexibility index (Phi) is 8.32. The largest absolute Gasteiger partial charge is 0.744 e. The molecule has 1 fully saturated rings. The maximum absolute atomic E-state index is 13.1. The van der Waals surface area contributed by atoms with Crippen LogP contribution in [0.1, 0.15) is 6.42 Å². The Morgan fingerprint density at radius 2 is 1.55 bits per heavy atom. The van der Waals surface area contributed by atoms with E-state index < -0.39 is 39.4 Å². The molecule has 0 saturated carbocycles. The minimum absolute atomic E-state index is 0.00210. The van der Waals surface area contributed by atoms with Gasteiger partial charge >= 0.3 is 5.97 Å². The van der Waals surface area contributed by atoms with Gasteiger partial charge in [0.1, 0.15) is 16.7 Å². The number of nitrogens with zero attached hydrogens (tertiary/aromatic N) is 1. The van der Waals surface area contributed by atoms with Crippen molar-refractivity contribution in [2.75, 3.05) is 24.7 Å². The maximum Gasteiger partial charge on any atom is 0.308 e. The molecule has 0 aromatic heterocycles. The average Bonchev–Trinajstić information content (AvgIpc) is 2.91. The molecule has 4 aromatic carbocycles. The quantitative estimate of drug-likeness (QED) is 0.0934. The number of hydrogen-bond acceptors (Lipinski definition) is 14. The SMILES string of the molecule is O=C(O)C1CCN(c2cc(SOO[O-])c3ccc4c(SOO[O-])cc(S(=O)(=O)[O-])c5ccc2c3c45)C(=O)COC1. The number of carbonyl (C=O) groups excluding carboxylic acids is 1. The van der Waals surface area contributed by atoms with Crippen molar-refractivity contribution >= 4 is 84.1 Å². The molecule has 1 saturated heterocycles. The Morgan fingerprint density at radius 3 is 2.15 bits per heavy atom. The molecule has 1 N–H and O–H groups in total. The maximum atomic E-state index is 13.1. The third-order valence-corrected chi connectivity index (χ3v) is 8.68. The van der Waals surface area contributed by atoms with Gasteiger partial charge in [-0.15, -0.1) is 0 Å². The van der Waals surface area contributed by atoms with Crippen molar-refractivity contribution in [3.63, 3.8) is 0 Å². The molecule has 4 aromatic rings. The lowest BCUT2D eigenvalue weighted by Gasteiger charge is -2.29. The summed E-state index contributed by atoms with van der Waals surface area (Å²) in [5.74, 6) is -2.42. The highest BCUT2D eigenvalue weighted by atomic mass is 32.2. The van der Waals surface area contributed by atoms with Crippen molar-refractivity contribution in [3.05, 3.63) is 36.4 Å². The second kappa shape index (κ2) is 11.6. The van der Waals surface area contributed by atoms with E-state index in [1.807, 2.05) is 0 Å². The third kappa shape index (κ3) is 5.29. The standard InChI is InChI=1S/C23H19NO13S3/c25-20-10-33-9-11(23(26)27)5-6-24(20)16-7-17(38-36-34-28)13-2-3-14-18(39-37-35-29)8-19(40(30,31)32)15-4-1-12(16)21(13)22(14)15/h1-4,7-8,11,28-29H,5-6,9-10H2,(H,26,27)(H,30,31,32)/p-3. The van der Waals surface area contributed by atoms with E-state index >= 15 is 0 Å². The summed E-state index contributed by atoms with van der Waals surface area (Å²) in [6.07, 6.45) is 0.0671. The Labute approximate surface area is 233 Å². The van der Waals surface area contributed by atoms with Gasteiger partial charge in [0.25, 0.3) is 5.91 Å². The molecule has 1 unspecified atom stereocenters. The summed E-state index contributed by atoms with van der Waals surface area (Å²) in [7, 11) is -5.03. The molecule has 0 bridgehead atoms. The fourth-order valence-electron chi connectivity index (χ4n) is 4.86. The van der Waals surface area contributed by atoms with Crippen LogP contribution in [0.4, 0.5) is 5.69 Å². The zero-order chi connectivity index (χ0) is 28.6. The molecule has 1 aliphatic heterocycles. The van der Waals surface area contributed by atoms with Crippen LogP contribution in [0, 0.1) is 5.92 Å². The van der Waals surface area contributed by atoms with Crippen LogP contribution >= 0.6 is 24.1 Å². The van der Waals surface area contributed by atoms with E-state index in [0.717, 1.165) is 6.07 Å². The minimum atomic E-state index is -5.03. The summed E-state index contributed by atoms with van der Waals surface area (Å²) in [6, 6.07) is 8.74. The number of rotatable bonds is 9. The lowest BCUT2D eigenvalue weighted by molar-refractivity contribution is -0.777. The predicted octanol–water partition coefficient (Wildman–Crippen LogP) is 1.40. The highest BCUT2D eigenvalue weighted by Crippen LogP contribution is 2.47. The third-order valence-electron chi connectivity index (χ3n) is 6.52. The van der Waals surface area contributed by atoms with Gasteiger partial charge in [-0.25, -0.2) is 8.42 Å². The van der Waals surface area contributed by atoms with Crippen LogP contribution in [-0.2, 0) is 43.2 Å². The van der Waals surface area contributed by atoms with Crippen molar-refractivity contribution < 1.29 is 61.7 Å². The van der Waals surface area contributed by atoms with Gasteiger partial charge in [-0.3, -0.25) is 19.7 Å². The van der Waals surface area contributed by atoms with E-state index in [4.69, 9.17) is 4.74 Å². The van der Waals surface area contributed by atoms with Gasteiger partial charge in [-0.1, -0.05) is 24.3 Å². The predicted molar refractivity (Wildman–Crippen MR) is 133 cm³/mol. The lowest BCUT2D eigenvalue weighted by Crippen LogP contribution is -2.40. The van der Waals surface area contributed by atoms with Gasteiger partial charge in [-0.2, -0.15) is 8.67 Å². The summed E-state index contributed by atoms with van der Waals surface area (Å²) in [4.78, 5) is 25.9. The van der Waals surface area contributed by atoms with Crippen molar-refractivity contribution in [2.45, 2.75) is 21.1 Å². The van der Waals surface area contributed by atoms with E-state index in [1.54, 1.807) is 12.1 Å². The smallest absolute Gasteiger partial charge is 0.308 e. The molecule has 0 spiro atoms. The topological polar surface area (TPSA) is 207 Å². The molecule has 0 aliphatic carbocycles. The number of benzene rings is 4. The highest BCUT2D eigenvalue weighted by molar-refractivity contribution is 7.95. The Hall–Kier alpha value is -2.81. The summed E-state index contributed by atoms with van der Waals surface area (Å²) in [5.41, 5.74) is 0.280. The van der Waals surface area contributed by atoms with Crippen LogP contribution < -0.4 is 15.4 Å². The number of carboxylic acids is 1. The zero-order valence-electron chi connectivity index (χ0n) is 19.9. The Morgan fingerprint density at radius 1 is 0.975 bits per heavy atom. The van der Waals surface area contributed by atoms with Gasteiger partial charge in [0, 0.05) is 32.5 Å². The molecule has 5 rings (SSSR count). The normalized spacial score (nSPS) is 17.1. The second-order valence-corrected chi connectivity index (χ2v) is 11.4. The molecule has 14 nitrogen and oxygen atoms in total. The minimum Gasteiger partial charge on any atom is -0.744 e. The van der Waals surface area contributed by atoms with E-state index in [0.29, 0.717) is 45.6 Å². The van der Waals surface area contributed by atoms with Crippen molar-refractivity contribution in [2.24, 2.45) is 5.92 Å². The van der Waals surface area contributed by atoms with Gasteiger partial charge in [0.05, 0.1) is 47.2 Å². The number of amides is 1. The van der Waals surface area contributed by atoms with Gasteiger partial charge in [0.2, 0.25) is 0 Å². The second-order valence-electron chi connectivity index (χ2n) is 8.62. The van der Waals surface area contributed by atoms with Crippen LogP contribution in [0.25, 0.3) is 32.3 Å². The summed E-state index contributed by atoms with van der Waals surface area (Å²) in [5, 5.41) is 39.5. The molecule has 1 aliphatic rings. The molecule has 1 amide bonds. The van der Waals surface area contributed by atoms with Crippen LogP contribution in [0.3, 0.4) is 0 Å². The Bertz CT molecular complexity index is 1710. The van der Waals surface area contributed by atoms with Gasteiger partial charge < -0.3 is 29.8 Å². The molecular weight excluding hydrogens is 594 g/mol. The number of aliphatic carboxylic acids is 1. The van der Waals surface area contributed by atoms with Gasteiger partial charge in [-0.05, 0) is 34.7 Å². The van der Waals surface area contributed by atoms with E-state index in [9.17, 15) is 38.2 Å². The van der Waals surface area contributed by atoms with Crippen LogP contribution in [0.5, 0.6) is 0 Å². The first kappa shape index (κ1) is 28.7. The molecule has 40 heavy (non-hydrogen) atoms. The summed E-state index contributed by atoms with van der Waals surface area (Å²) < 4.78 is 51.0.